The zero-order valence-corrected chi connectivity index (χ0v) is 22.0. The van der Waals surface area contributed by atoms with Gasteiger partial charge in [-0.2, -0.15) is 5.10 Å². The Bertz CT molecular complexity index is 1110. The minimum absolute atomic E-state index is 0.0203. The van der Waals surface area contributed by atoms with Crippen molar-refractivity contribution in [2.75, 3.05) is 44.2 Å². The predicted octanol–water partition coefficient (Wildman–Crippen LogP) is 5.35. The molecule has 1 N–H and O–H groups in total. The summed E-state index contributed by atoms with van der Waals surface area (Å²) >= 11 is 6.30. The molecule has 34 heavy (non-hydrogen) atoms. The molecule has 1 aliphatic rings. The van der Waals surface area contributed by atoms with Gasteiger partial charge in [-0.15, -0.1) is 0 Å². The first kappa shape index (κ1) is 24.8. The molecule has 2 aromatic carbocycles. The number of nitrogens with one attached hydrogen (secondary N) is 1. The first-order chi connectivity index (χ1) is 16.2. The zero-order chi connectivity index (χ0) is 24.3. The molecule has 0 atom stereocenters. The van der Waals surface area contributed by atoms with Gasteiger partial charge in [-0.05, 0) is 54.7 Å². The van der Waals surface area contributed by atoms with Crippen molar-refractivity contribution in [1.82, 2.24) is 20.0 Å². The maximum atomic E-state index is 6.30. The number of hydrogen-bond donors (Lipinski definition) is 1. The molecule has 5 nitrogen and oxygen atoms in total. The molecule has 1 aromatic heterocycles. The molecular formula is C28H38ClN5. The topological polar surface area (TPSA) is 36.3 Å². The summed E-state index contributed by atoms with van der Waals surface area (Å²) < 4.78 is 1.95. The quantitative estimate of drug-likeness (QED) is 0.463. The fourth-order valence-corrected chi connectivity index (χ4v) is 4.91. The average molecular weight is 480 g/mol. The Kier molecular flexibility index (Phi) is 7.66. The van der Waals surface area contributed by atoms with Gasteiger partial charge in [-0.1, -0.05) is 56.1 Å². The van der Waals surface area contributed by atoms with Crippen LogP contribution in [0, 0.1) is 13.8 Å². The van der Waals surface area contributed by atoms with E-state index in [9.17, 15) is 0 Å². The maximum absolute atomic E-state index is 6.30. The Morgan fingerprint density at radius 2 is 1.71 bits per heavy atom. The first-order valence-corrected chi connectivity index (χ1v) is 12.7. The van der Waals surface area contributed by atoms with Crippen molar-refractivity contribution in [2.45, 2.75) is 46.6 Å². The van der Waals surface area contributed by atoms with Gasteiger partial charge in [0.05, 0.1) is 11.4 Å². The lowest BCUT2D eigenvalue weighted by Crippen LogP contribution is -2.48. The number of halogens is 1. The molecule has 0 amide bonds. The summed E-state index contributed by atoms with van der Waals surface area (Å²) in [5, 5.41) is 9.12. The van der Waals surface area contributed by atoms with E-state index in [2.05, 4.69) is 80.1 Å². The molecule has 182 valence electrons. The number of rotatable bonds is 7. The normalized spacial score (nSPS) is 15.2. The highest BCUT2D eigenvalue weighted by Gasteiger charge is 2.20. The van der Waals surface area contributed by atoms with E-state index in [0.717, 1.165) is 62.2 Å². The van der Waals surface area contributed by atoms with Crippen molar-refractivity contribution < 1.29 is 0 Å². The fourth-order valence-electron chi connectivity index (χ4n) is 4.74. The van der Waals surface area contributed by atoms with Crippen LogP contribution in [0.25, 0.3) is 5.69 Å². The van der Waals surface area contributed by atoms with Crippen molar-refractivity contribution in [3.63, 3.8) is 0 Å². The largest absolute Gasteiger partial charge is 0.369 e. The molecule has 0 spiro atoms. The van der Waals surface area contributed by atoms with Crippen LogP contribution in [0.2, 0.25) is 5.02 Å². The fraction of sp³-hybridized carbons (Fsp3) is 0.464. The van der Waals surface area contributed by atoms with Crippen LogP contribution < -0.4 is 10.2 Å². The minimum Gasteiger partial charge on any atom is -0.369 e. The highest BCUT2D eigenvalue weighted by Crippen LogP contribution is 2.30. The van der Waals surface area contributed by atoms with Gasteiger partial charge in [-0.25, -0.2) is 4.68 Å². The van der Waals surface area contributed by atoms with E-state index in [1.54, 1.807) is 0 Å². The van der Waals surface area contributed by atoms with Crippen molar-refractivity contribution in [1.29, 1.82) is 0 Å². The first-order valence-electron chi connectivity index (χ1n) is 12.3. The Labute approximate surface area is 209 Å². The lowest BCUT2D eigenvalue weighted by Gasteiger charge is -2.37. The molecule has 0 radical (unpaired) electrons. The van der Waals surface area contributed by atoms with Crippen LogP contribution in [-0.4, -0.2) is 53.9 Å². The molecule has 4 rings (SSSR count). The van der Waals surface area contributed by atoms with E-state index in [1.165, 1.54) is 22.4 Å². The smallest absolute Gasteiger partial charge is 0.0766 e. The highest BCUT2D eigenvalue weighted by molar-refractivity contribution is 6.30. The van der Waals surface area contributed by atoms with Crippen molar-refractivity contribution >= 4 is 17.3 Å². The van der Waals surface area contributed by atoms with Gasteiger partial charge in [0.2, 0.25) is 0 Å². The third-order valence-corrected chi connectivity index (χ3v) is 6.87. The summed E-state index contributed by atoms with van der Waals surface area (Å²) in [4.78, 5) is 5.07. The van der Waals surface area contributed by atoms with E-state index in [0.29, 0.717) is 0 Å². The SMILES string of the molecule is Cc1ccc(N2CCN(CCNCc3ccn(-c4cc(Cl)ccc4C(C)(C)C)n3)CC2)c(C)c1. The summed E-state index contributed by atoms with van der Waals surface area (Å²) in [7, 11) is 0. The summed E-state index contributed by atoms with van der Waals surface area (Å²) in [5.74, 6) is 0. The number of hydrogen-bond acceptors (Lipinski definition) is 4. The molecule has 0 aliphatic carbocycles. The number of piperazine rings is 1. The van der Waals surface area contributed by atoms with Gasteiger partial charge in [0.15, 0.2) is 0 Å². The van der Waals surface area contributed by atoms with Crippen molar-refractivity contribution in [3.05, 3.63) is 76.1 Å². The molecule has 2 heterocycles. The van der Waals surface area contributed by atoms with Crippen LogP contribution in [0.15, 0.2) is 48.7 Å². The molecule has 0 saturated carbocycles. The summed E-state index contributed by atoms with van der Waals surface area (Å²) in [6, 6.07) is 14.9. The van der Waals surface area contributed by atoms with Gasteiger partial charge in [0.1, 0.15) is 0 Å². The maximum Gasteiger partial charge on any atom is 0.0766 e. The monoisotopic (exact) mass is 479 g/mol. The zero-order valence-electron chi connectivity index (χ0n) is 21.2. The third kappa shape index (κ3) is 6.01. The van der Waals surface area contributed by atoms with Gasteiger partial charge in [0, 0.05) is 62.7 Å². The van der Waals surface area contributed by atoms with E-state index in [-0.39, 0.29) is 5.41 Å². The molecule has 0 unspecified atom stereocenters. The Morgan fingerprint density at radius 3 is 2.41 bits per heavy atom. The van der Waals surface area contributed by atoms with E-state index >= 15 is 0 Å². The van der Waals surface area contributed by atoms with Crippen LogP contribution in [0.5, 0.6) is 0 Å². The highest BCUT2D eigenvalue weighted by atomic mass is 35.5. The Balaban J connectivity index is 1.25. The van der Waals surface area contributed by atoms with Gasteiger partial charge >= 0.3 is 0 Å². The molecule has 1 aliphatic heterocycles. The summed E-state index contributed by atoms with van der Waals surface area (Å²) in [6.07, 6.45) is 2.03. The van der Waals surface area contributed by atoms with Crippen LogP contribution >= 0.6 is 11.6 Å². The average Bonchev–Trinajstić information content (AvgIpc) is 3.25. The van der Waals surface area contributed by atoms with E-state index < -0.39 is 0 Å². The van der Waals surface area contributed by atoms with Crippen LogP contribution in [-0.2, 0) is 12.0 Å². The number of aryl methyl sites for hydroxylation is 2. The lowest BCUT2D eigenvalue weighted by molar-refractivity contribution is 0.257. The summed E-state index contributed by atoms with van der Waals surface area (Å²) in [5.41, 5.74) is 7.44. The number of aromatic nitrogens is 2. The number of anilines is 1. The molecule has 0 bridgehead atoms. The van der Waals surface area contributed by atoms with Gasteiger partial charge < -0.3 is 10.2 Å². The lowest BCUT2D eigenvalue weighted by atomic mass is 9.86. The summed E-state index contributed by atoms with van der Waals surface area (Å²) in [6.45, 7) is 18.2. The van der Waals surface area contributed by atoms with Gasteiger partial charge in [-0.3, -0.25) is 4.90 Å². The van der Waals surface area contributed by atoms with Crippen LogP contribution in [0.4, 0.5) is 5.69 Å². The van der Waals surface area contributed by atoms with Gasteiger partial charge in [0.25, 0.3) is 0 Å². The molecule has 3 aromatic rings. The predicted molar refractivity (Wildman–Crippen MR) is 144 cm³/mol. The third-order valence-electron chi connectivity index (χ3n) is 6.64. The molecule has 1 fully saturated rings. The van der Waals surface area contributed by atoms with Crippen molar-refractivity contribution in [3.8, 4) is 5.69 Å². The second-order valence-electron chi connectivity index (χ2n) is 10.5. The number of nitrogens with zero attached hydrogens (tertiary/aromatic N) is 4. The second kappa shape index (κ2) is 10.5. The van der Waals surface area contributed by atoms with Crippen molar-refractivity contribution in [2.24, 2.45) is 0 Å². The molecule has 6 heteroatoms. The van der Waals surface area contributed by atoms with E-state index in [1.807, 2.05) is 23.0 Å². The molecular weight excluding hydrogens is 442 g/mol. The second-order valence-corrected chi connectivity index (χ2v) is 10.9. The molecule has 1 saturated heterocycles. The Hall–Kier alpha value is -2.34. The van der Waals surface area contributed by atoms with E-state index in [4.69, 9.17) is 16.7 Å². The number of benzene rings is 2. The standard InChI is InChI=1S/C28H38ClN5/c1-21-6-9-26(22(2)18-21)33-16-14-32(15-17-33)13-11-30-20-24-10-12-34(31-24)27-19-23(29)7-8-25(27)28(3,4)5/h6-10,12,18-19,30H,11,13-17,20H2,1-5H3. The van der Waals surface area contributed by atoms with Crippen LogP contribution in [0.1, 0.15) is 43.2 Å². The minimum atomic E-state index is 0.0203. The van der Waals surface area contributed by atoms with Crippen LogP contribution in [0.3, 0.4) is 0 Å². The Morgan fingerprint density at radius 1 is 0.941 bits per heavy atom.